The third-order valence-corrected chi connectivity index (χ3v) is 4.20. The summed E-state index contributed by atoms with van der Waals surface area (Å²) in [5.41, 5.74) is 1.90. The number of hydrogen-bond donors (Lipinski definition) is 1. The van der Waals surface area contributed by atoms with E-state index in [1.807, 2.05) is 31.2 Å². The van der Waals surface area contributed by atoms with E-state index in [0.29, 0.717) is 0 Å². The van der Waals surface area contributed by atoms with E-state index in [4.69, 9.17) is 9.47 Å². The maximum Gasteiger partial charge on any atom is 0.321 e. The van der Waals surface area contributed by atoms with Gasteiger partial charge in [0.15, 0.2) is 6.29 Å². The number of likely N-dealkylation sites (N-methyl/N-ethyl adjacent to an activating group) is 1. The van der Waals surface area contributed by atoms with Crippen molar-refractivity contribution in [1.29, 1.82) is 0 Å². The summed E-state index contributed by atoms with van der Waals surface area (Å²) >= 11 is 0. The maximum absolute atomic E-state index is 12.3. The number of methoxy groups -OCH3 is 2. The summed E-state index contributed by atoms with van der Waals surface area (Å²) in [6.07, 6.45) is 1.88. The highest BCUT2D eigenvalue weighted by Crippen LogP contribution is 2.18. The van der Waals surface area contributed by atoms with Crippen molar-refractivity contribution in [3.63, 3.8) is 0 Å². The van der Waals surface area contributed by atoms with Gasteiger partial charge in [-0.3, -0.25) is 0 Å². The Bertz CT molecular complexity index is 489. The summed E-state index contributed by atoms with van der Waals surface area (Å²) in [5.74, 6) is 0. The van der Waals surface area contributed by atoms with Crippen LogP contribution in [-0.4, -0.2) is 58.1 Å². The van der Waals surface area contributed by atoms with Crippen molar-refractivity contribution < 1.29 is 14.3 Å². The number of anilines is 2. The molecule has 24 heavy (non-hydrogen) atoms. The van der Waals surface area contributed by atoms with Crippen LogP contribution in [0.5, 0.6) is 0 Å². The van der Waals surface area contributed by atoms with Crippen molar-refractivity contribution in [2.24, 2.45) is 0 Å². The molecule has 0 spiro atoms. The second-order valence-electron chi connectivity index (χ2n) is 5.94. The minimum atomic E-state index is -0.463. The van der Waals surface area contributed by atoms with Crippen LogP contribution in [0, 0.1) is 0 Å². The fourth-order valence-corrected chi connectivity index (χ4v) is 2.39. The Morgan fingerprint density at radius 3 is 2.25 bits per heavy atom. The summed E-state index contributed by atoms with van der Waals surface area (Å²) in [4.78, 5) is 16.1. The zero-order valence-corrected chi connectivity index (χ0v) is 15.7. The number of benzene rings is 1. The molecular weight excluding hydrogens is 306 g/mol. The van der Waals surface area contributed by atoms with Crippen LogP contribution in [0.25, 0.3) is 0 Å². The fourth-order valence-electron chi connectivity index (χ4n) is 2.39. The lowest BCUT2D eigenvalue weighted by Gasteiger charge is -2.30. The van der Waals surface area contributed by atoms with Gasteiger partial charge in [0.2, 0.25) is 0 Å². The summed E-state index contributed by atoms with van der Waals surface area (Å²) in [5, 5.41) is 2.89. The Kier molecular flexibility index (Phi) is 8.57. The van der Waals surface area contributed by atoms with Gasteiger partial charge in [0.1, 0.15) is 0 Å². The molecule has 0 saturated heterocycles. The molecule has 0 saturated carbocycles. The van der Waals surface area contributed by atoms with Gasteiger partial charge in [0.25, 0.3) is 0 Å². The van der Waals surface area contributed by atoms with E-state index in [1.165, 1.54) is 6.42 Å². The lowest BCUT2D eigenvalue weighted by Crippen LogP contribution is -2.46. The SMILES string of the molecule is CCCCN(C)c1ccc(NC(=O)N(C)C(C)C(OC)OC)cc1. The highest BCUT2D eigenvalue weighted by Gasteiger charge is 2.24. The molecule has 6 nitrogen and oxygen atoms in total. The first-order valence-corrected chi connectivity index (χ1v) is 8.35. The fraction of sp³-hybridized carbons (Fsp3) is 0.611. The molecule has 0 fully saturated rings. The van der Waals surface area contributed by atoms with Crippen molar-refractivity contribution in [3.8, 4) is 0 Å². The molecule has 0 aliphatic rings. The lowest BCUT2D eigenvalue weighted by atomic mass is 10.2. The molecule has 136 valence electrons. The number of ether oxygens (including phenoxy) is 2. The molecule has 6 heteroatoms. The van der Waals surface area contributed by atoms with Crippen molar-refractivity contribution in [3.05, 3.63) is 24.3 Å². The van der Waals surface area contributed by atoms with Crippen LogP contribution in [0.4, 0.5) is 16.2 Å². The molecule has 1 aromatic rings. The van der Waals surface area contributed by atoms with E-state index >= 15 is 0 Å². The van der Waals surface area contributed by atoms with Crippen LogP contribution in [0.15, 0.2) is 24.3 Å². The van der Waals surface area contributed by atoms with E-state index in [-0.39, 0.29) is 12.1 Å². The first-order valence-electron chi connectivity index (χ1n) is 8.35. The van der Waals surface area contributed by atoms with Gasteiger partial charge in [0, 0.05) is 46.2 Å². The van der Waals surface area contributed by atoms with Crippen LogP contribution < -0.4 is 10.2 Å². The van der Waals surface area contributed by atoms with E-state index < -0.39 is 6.29 Å². The number of nitrogens with one attached hydrogen (secondary N) is 1. The van der Waals surface area contributed by atoms with Crippen LogP contribution in [-0.2, 0) is 9.47 Å². The first-order chi connectivity index (χ1) is 11.4. The molecule has 0 heterocycles. The van der Waals surface area contributed by atoms with Gasteiger partial charge in [-0.15, -0.1) is 0 Å². The van der Waals surface area contributed by atoms with E-state index in [0.717, 1.165) is 24.3 Å². The molecule has 0 aromatic heterocycles. The third-order valence-electron chi connectivity index (χ3n) is 4.20. The molecule has 0 bridgehead atoms. The van der Waals surface area contributed by atoms with Gasteiger partial charge in [-0.05, 0) is 37.6 Å². The van der Waals surface area contributed by atoms with E-state index in [2.05, 4.69) is 24.2 Å². The van der Waals surface area contributed by atoms with Gasteiger partial charge in [0.05, 0.1) is 6.04 Å². The number of hydrogen-bond acceptors (Lipinski definition) is 4. The Hall–Kier alpha value is -1.79. The summed E-state index contributed by atoms with van der Waals surface area (Å²) in [6.45, 7) is 5.09. The third kappa shape index (κ3) is 5.69. The highest BCUT2D eigenvalue weighted by atomic mass is 16.7. The van der Waals surface area contributed by atoms with Crippen LogP contribution >= 0.6 is 0 Å². The number of unbranched alkanes of at least 4 members (excludes halogenated alkanes) is 1. The van der Waals surface area contributed by atoms with Gasteiger partial charge >= 0.3 is 6.03 Å². The minimum absolute atomic E-state index is 0.200. The van der Waals surface area contributed by atoms with Gasteiger partial charge in [-0.25, -0.2) is 4.79 Å². The quantitative estimate of drug-likeness (QED) is 0.702. The molecule has 2 amide bonds. The largest absolute Gasteiger partial charge is 0.375 e. The standard InChI is InChI=1S/C18H31N3O3/c1-7-8-13-20(3)16-11-9-15(10-12-16)19-18(22)21(4)14(2)17(23-5)24-6/h9-12,14,17H,7-8,13H2,1-6H3,(H,19,22). The topological polar surface area (TPSA) is 54.0 Å². The zero-order valence-electron chi connectivity index (χ0n) is 15.7. The molecule has 0 radical (unpaired) electrons. The number of urea groups is 1. The van der Waals surface area contributed by atoms with E-state index in [1.54, 1.807) is 26.2 Å². The van der Waals surface area contributed by atoms with Gasteiger partial charge < -0.3 is 24.6 Å². The number of nitrogens with zero attached hydrogens (tertiary/aromatic N) is 2. The van der Waals surface area contributed by atoms with Crippen molar-refractivity contribution >= 4 is 17.4 Å². The Morgan fingerprint density at radius 2 is 1.75 bits per heavy atom. The molecule has 1 atom stereocenters. The predicted octanol–water partition coefficient (Wildman–Crippen LogP) is 3.39. The average molecular weight is 337 g/mol. The van der Waals surface area contributed by atoms with Crippen molar-refractivity contribution in [1.82, 2.24) is 4.90 Å². The molecule has 0 aliphatic carbocycles. The maximum atomic E-state index is 12.3. The number of carbonyl (C=O) groups excluding carboxylic acids is 1. The average Bonchev–Trinajstić information content (AvgIpc) is 2.60. The molecule has 1 rings (SSSR count). The summed E-state index contributed by atoms with van der Waals surface area (Å²) in [6, 6.07) is 7.45. The normalized spacial score (nSPS) is 12.1. The lowest BCUT2D eigenvalue weighted by molar-refractivity contribution is -0.132. The Balaban J connectivity index is 2.64. The van der Waals surface area contributed by atoms with Crippen LogP contribution in [0.2, 0.25) is 0 Å². The first kappa shape index (κ1) is 20.3. The molecule has 0 aliphatic heterocycles. The van der Waals surface area contributed by atoms with E-state index in [9.17, 15) is 4.79 Å². The summed E-state index contributed by atoms with van der Waals surface area (Å²) < 4.78 is 10.4. The Morgan fingerprint density at radius 1 is 1.17 bits per heavy atom. The van der Waals surface area contributed by atoms with Crippen LogP contribution in [0.1, 0.15) is 26.7 Å². The molecular formula is C18H31N3O3. The monoisotopic (exact) mass is 337 g/mol. The van der Waals surface area contributed by atoms with Crippen LogP contribution in [0.3, 0.4) is 0 Å². The van der Waals surface area contributed by atoms with Gasteiger partial charge in [-0.1, -0.05) is 13.3 Å². The zero-order chi connectivity index (χ0) is 18.1. The minimum Gasteiger partial charge on any atom is -0.375 e. The molecule has 1 unspecified atom stereocenters. The van der Waals surface area contributed by atoms with Crippen molar-refractivity contribution in [2.75, 3.05) is 45.1 Å². The highest BCUT2D eigenvalue weighted by molar-refractivity contribution is 5.89. The second kappa shape index (κ2) is 10.2. The predicted molar refractivity (Wildman–Crippen MR) is 98.7 cm³/mol. The second-order valence-corrected chi connectivity index (χ2v) is 5.94. The summed E-state index contributed by atoms with van der Waals surface area (Å²) in [7, 11) is 6.92. The smallest absolute Gasteiger partial charge is 0.321 e. The Labute approximate surface area is 145 Å². The number of rotatable bonds is 9. The van der Waals surface area contributed by atoms with Crippen molar-refractivity contribution in [2.45, 2.75) is 39.0 Å². The number of amides is 2. The van der Waals surface area contributed by atoms with Gasteiger partial charge in [-0.2, -0.15) is 0 Å². The molecule has 1 aromatic carbocycles. The molecule has 1 N–H and O–H groups in total. The number of carbonyl (C=O) groups is 1.